The quantitative estimate of drug-likeness (QED) is 0.228. The molecule has 0 bridgehead atoms. The zero-order chi connectivity index (χ0) is 19.4. The van der Waals surface area contributed by atoms with Gasteiger partial charge in [0.25, 0.3) is 0 Å². The molecule has 8 heteroatoms. The van der Waals surface area contributed by atoms with E-state index in [1.54, 1.807) is 6.26 Å². The predicted molar refractivity (Wildman–Crippen MR) is 125 cm³/mol. The Morgan fingerprint density at radius 1 is 1.21 bits per heavy atom. The second kappa shape index (κ2) is 13.8. The summed E-state index contributed by atoms with van der Waals surface area (Å²) in [6.07, 6.45) is 9.91. The van der Waals surface area contributed by atoms with Gasteiger partial charge in [0.1, 0.15) is 5.76 Å². The Hall–Kier alpha value is -1.29. The Kier molecular flexibility index (Phi) is 11.5. The number of halogens is 1. The zero-order valence-electron chi connectivity index (χ0n) is 17.2. The molecule has 1 aromatic heterocycles. The number of likely N-dealkylation sites (tertiary alicyclic amines) is 1. The summed E-state index contributed by atoms with van der Waals surface area (Å²) in [5.41, 5.74) is 0. The van der Waals surface area contributed by atoms with Gasteiger partial charge in [-0.15, -0.1) is 24.0 Å². The Balaban J connectivity index is 0.00000300. The van der Waals surface area contributed by atoms with Crippen molar-refractivity contribution in [1.29, 1.82) is 0 Å². The molecule has 2 aliphatic heterocycles. The molecule has 0 aromatic carbocycles. The van der Waals surface area contributed by atoms with Crippen LogP contribution in [0.15, 0.2) is 27.8 Å². The van der Waals surface area contributed by atoms with Crippen molar-refractivity contribution >= 4 is 35.8 Å². The lowest BCUT2D eigenvalue weighted by Crippen LogP contribution is -2.40. The zero-order valence-corrected chi connectivity index (χ0v) is 19.6. The maximum atomic E-state index is 12.1. The summed E-state index contributed by atoms with van der Waals surface area (Å²) < 4.78 is 11.1. The Bertz CT molecular complexity index is 603. The van der Waals surface area contributed by atoms with Crippen molar-refractivity contribution in [1.82, 2.24) is 15.5 Å². The van der Waals surface area contributed by atoms with Crippen molar-refractivity contribution in [2.75, 3.05) is 39.3 Å². The van der Waals surface area contributed by atoms with Crippen LogP contribution in [0.5, 0.6) is 0 Å². The van der Waals surface area contributed by atoms with Gasteiger partial charge >= 0.3 is 0 Å². The minimum Gasteiger partial charge on any atom is -0.469 e. The molecule has 3 rings (SSSR count). The molecule has 29 heavy (non-hydrogen) atoms. The molecule has 1 atom stereocenters. The molecule has 2 saturated heterocycles. The molecule has 0 aliphatic carbocycles. The fourth-order valence-electron chi connectivity index (χ4n) is 3.67. The molecule has 0 radical (unpaired) electrons. The number of carbonyl (C=O) groups is 1. The standard InChI is InChI=1S/C21H34N4O3.HI/c26-20-9-2-1-3-13-25(20)14-6-11-22-21(24-17-19-8-5-16-28-19)23-12-10-18-7-4-15-27-18;/h4,7,15,19H,1-3,5-6,8-14,16-17H2,(H2,22,23,24);1H. The molecule has 0 saturated carbocycles. The molecule has 0 spiro atoms. The van der Waals surface area contributed by atoms with Crippen LogP contribution in [-0.2, 0) is 16.0 Å². The second-order valence-electron chi connectivity index (χ2n) is 7.55. The first kappa shape index (κ1) is 24.0. The minimum atomic E-state index is 0. The molecule has 164 valence electrons. The lowest BCUT2D eigenvalue weighted by Gasteiger charge is -2.21. The topological polar surface area (TPSA) is 79.1 Å². The molecule has 3 heterocycles. The van der Waals surface area contributed by atoms with Crippen LogP contribution in [0.25, 0.3) is 0 Å². The van der Waals surface area contributed by atoms with Gasteiger partial charge in [-0.3, -0.25) is 9.79 Å². The summed E-state index contributed by atoms with van der Waals surface area (Å²) in [7, 11) is 0. The van der Waals surface area contributed by atoms with Gasteiger partial charge in [-0.2, -0.15) is 0 Å². The summed E-state index contributed by atoms with van der Waals surface area (Å²) in [6, 6.07) is 3.89. The van der Waals surface area contributed by atoms with Crippen LogP contribution < -0.4 is 10.6 Å². The van der Waals surface area contributed by atoms with E-state index in [0.29, 0.717) is 18.9 Å². The number of guanidine groups is 1. The fraction of sp³-hybridized carbons (Fsp3) is 0.714. The van der Waals surface area contributed by atoms with E-state index in [0.717, 1.165) is 83.0 Å². The number of aliphatic imine (C=N–C) groups is 1. The Morgan fingerprint density at radius 3 is 2.90 bits per heavy atom. The van der Waals surface area contributed by atoms with E-state index in [9.17, 15) is 4.79 Å². The van der Waals surface area contributed by atoms with Gasteiger partial charge in [0.15, 0.2) is 5.96 Å². The smallest absolute Gasteiger partial charge is 0.222 e. The summed E-state index contributed by atoms with van der Waals surface area (Å²) in [4.78, 5) is 18.8. The number of nitrogens with zero attached hydrogens (tertiary/aromatic N) is 2. The molecular formula is C21H35IN4O3. The van der Waals surface area contributed by atoms with Crippen molar-refractivity contribution in [3.63, 3.8) is 0 Å². The highest BCUT2D eigenvalue weighted by Crippen LogP contribution is 2.12. The molecule has 1 aromatic rings. The first-order chi connectivity index (χ1) is 13.8. The average molecular weight is 518 g/mol. The normalized spacial score (nSPS) is 20.3. The van der Waals surface area contributed by atoms with E-state index in [4.69, 9.17) is 14.1 Å². The van der Waals surface area contributed by atoms with E-state index in [-0.39, 0.29) is 30.1 Å². The highest BCUT2D eigenvalue weighted by Gasteiger charge is 2.16. The van der Waals surface area contributed by atoms with E-state index in [1.165, 1.54) is 6.42 Å². The van der Waals surface area contributed by atoms with Crippen LogP contribution in [0, 0.1) is 0 Å². The summed E-state index contributed by atoms with van der Waals surface area (Å²) in [6.45, 7) is 4.80. The van der Waals surface area contributed by atoms with Gasteiger partial charge in [-0.25, -0.2) is 0 Å². The number of nitrogens with one attached hydrogen (secondary N) is 2. The lowest BCUT2D eigenvalue weighted by atomic mass is 10.2. The number of hydrogen-bond donors (Lipinski definition) is 2. The largest absolute Gasteiger partial charge is 0.469 e. The monoisotopic (exact) mass is 518 g/mol. The van der Waals surface area contributed by atoms with Crippen molar-refractivity contribution in [2.45, 2.75) is 57.5 Å². The third kappa shape index (κ3) is 8.94. The van der Waals surface area contributed by atoms with Crippen LogP contribution in [0.4, 0.5) is 0 Å². The maximum absolute atomic E-state index is 12.1. The van der Waals surface area contributed by atoms with Gasteiger partial charge < -0.3 is 24.7 Å². The van der Waals surface area contributed by atoms with Crippen LogP contribution in [0.1, 0.15) is 50.7 Å². The number of carbonyl (C=O) groups excluding carboxylic acids is 1. The molecule has 1 amide bonds. The van der Waals surface area contributed by atoms with E-state index in [1.807, 2.05) is 17.0 Å². The number of amides is 1. The highest BCUT2D eigenvalue weighted by molar-refractivity contribution is 14.0. The van der Waals surface area contributed by atoms with Crippen molar-refractivity contribution < 1.29 is 13.9 Å². The van der Waals surface area contributed by atoms with Crippen molar-refractivity contribution in [3.8, 4) is 0 Å². The number of rotatable bonds is 9. The third-order valence-corrected chi connectivity index (χ3v) is 5.29. The van der Waals surface area contributed by atoms with Crippen molar-refractivity contribution in [2.24, 2.45) is 4.99 Å². The molecule has 2 fully saturated rings. The predicted octanol–water partition coefficient (Wildman–Crippen LogP) is 2.95. The first-order valence-corrected chi connectivity index (χ1v) is 10.8. The molecule has 2 N–H and O–H groups in total. The van der Waals surface area contributed by atoms with Crippen LogP contribution >= 0.6 is 24.0 Å². The average Bonchev–Trinajstić information content (AvgIpc) is 3.37. The van der Waals surface area contributed by atoms with Gasteiger partial charge in [0.2, 0.25) is 5.91 Å². The summed E-state index contributed by atoms with van der Waals surface area (Å²) >= 11 is 0. The molecule has 7 nitrogen and oxygen atoms in total. The SMILES string of the molecule is I.O=C1CCCCCN1CCCNC(=NCC1CCCO1)NCCc1ccco1. The highest BCUT2D eigenvalue weighted by atomic mass is 127. The van der Waals surface area contributed by atoms with Crippen molar-refractivity contribution in [3.05, 3.63) is 24.2 Å². The van der Waals surface area contributed by atoms with Crippen LogP contribution in [0.2, 0.25) is 0 Å². The van der Waals surface area contributed by atoms with Crippen LogP contribution in [-0.4, -0.2) is 62.2 Å². The molecular weight excluding hydrogens is 483 g/mol. The third-order valence-electron chi connectivity index (χ3n) is 5.29. The minimum absolute atomic E-state index is 0. The van der Waals surface area contributed by atoms with Gasteiger partial charge in [-0.05, 0) is 44.2 Å². The fourth-order valence-corrected chi connectivity index (χ4v) is 3.67. The Morgan fingerprint density at radius 2 is 2.10 bits per heavy atom. The lowest BCUT2D eigenvalue weighted by molar-refractivity contribution is -0.130. The Labute approximate surface area is 191 Å². The van der Waals surface area contributed by atoms with E-state index < -0.39 is 0 Å². The number of ether oxygens (including phenoxy) is 1. The molecule has 1 unspecified atom stereocenters. The first-order valence-electron chi connectivity index (χ1n) is 10.8. The van der Waals surface area contributed by atoms with Gasteiger partial charge in [0.05, 0.1) is 18.9 Å². The second-order valence-corrected chi connectivity index (χ2v) is 7.55. The molecule has 2 aliphatic rings. The maximum Gasteiger partial charge on any atom is 0.222 e. The summed E-state index contributed by atoms with van der Waals surface area (Å²) in [5.74, 6) is 2.08. The number of hydrogen-bond acceptors (Lipinski definition) is 4. The van der Waals surface area contributed by atoms with Gasteiger partial charge in [0, 0.05) is 45.6 Å². The van der Waals surface area contributed by atoms with Crippen LogP contribution in [0.3, 0.4) is 0 Å². The number of furan rings is 1. The van der Waals surface area contributed by atoms with E-state index >= 15 is 0 Å². The summed E-state index contributed by atoms with van der Waals surface area (Å²) in [5, 5.41) is 6.79. The van der Waals surface area contributed by atoms with E-state index in [2.05, 4.69) is 10.6 Å². The van der Waals surface area contributed by atoms with Gasteiger partial charge in [-0.1, -0.05) is 6.42 Å².